The zero-order valence-corrected chi connectivity index (χ0v) is 13.2. The third-order valence-corrected chi connectivity index (χ3v) is 3.76. The average molecular weight is 336 g/mol. The van der Waals surface area contributed by atoms with Gasteiger partial charge >= 0.3 is 0 Å². The molecule has 1 amide bonds. The van der Waals surface area contributed by atoms with E-state index in [9.17, 15) is 9.90 Å². The molecule has 1 unspecified atom stereocenters. The second-order valence-corrected chi connectivity index (χ2v) is 5.42. The Hall–Kier alpha value is -2.08. The van der Waals surface area contributed by atoms with Crippen LogP contribution in [0.25, 0.3) is 0 Å². The van der Waals surface area contributed by atoms with Gasteiger partial charge in [0.05, 0.1) is 11.6 Å². The molecular weight excluding hydrogens is 318 g/mol. The van der Waals surface area contributed by atoms with Crippen molar-refractivity contribution < 1.29 is 19.7 Å². The van der Waals surface area contributed by atoms with Crippen molar-refractivity contribution >= 4 is 17.5 Å². The molecule has 122 valence electrons. The van der Waals surface area contributed by atoms with E-state index >= 15 is 0 Å². The Bertz CT molecular complexity index is 678. The van der Waals surface area contributed by atoms with Crippen LogP contribution in [0.5, 0.6) is 5.75 Å². The molecule has 5 nitrogen and oxygen atoms in total. The molecule has 1 atom stereocenters. The highest BCUT2D eigenvalue weighted by Gasteiger charge is 2.39. The first-order valence-corrected chi connectivity index (χ1v) is 7.49. The molecule has 0 aromatic heterocycles. The van der Waals surface area contributed by atoms with Gasteiger partial charge in [-0.2, -0.15) is 0 Å². The van der Waals surface area contributed by atoms with Gasteiger partial charge in [0.25, 0.3) is 5.91 Å². The molecule has 0 aliphatic heterocycles. The minimum absolute atomic E-state index is 0.0290. The average Bonchev–Trinajstić information content (AvgIpc) is 2.55. The van der Waals surface area contributed by atoms with Gasteiger partial charge in [-0.25, -0.2) is 0 Å². The Labute approximate surface area is 139 Å². The summed E-state index contributed by atoms with van der Waals surface area (Å²) in [7, 11) is 0. The fourth-order valence-electron chi connectivity index (χ4n) is 2.24. The van der Waals surface area contributed by atoms with Crippen LogP contribution in [0.2, 0.25) is 5.02 Å². The molecule has 0 saturated heterocycles. The number of hydrogen-bond acceptors (Lipinski definition) is 4. The number of carbonyl (C=O) groups excluding carboxylic acids is 1. The van der Waals surface area contributed by atoms with Crippen molar-refractivity contribution in [2.45, 2.75) is 12.0 Å². The lowest BCUT2D eigenvalue weighted by Crippen LogP contribution is -2.42. The van der Waals surface area contributed by atoms with Crippen molar-refractivity contribution in [3.05, 3.63) is 64.7 Å². The number of amides is 1. The number of rotatable bonds is 7. The minimum atomic E-state index is -2.03. The lowest BCUT2D eigenvalue weighted by Gasteiger charge is -2.27. The van der Waals surface area contributed by atoms with Gasteiger partial charge in [0.2, 0.25) is 0 Å². The third-order valence-electron chi connectivity index (χ3n) is 3.45. The standard InChI is InChI=1S/C17H18ClNO4/c18-15-11-13(23-10-4-9-20)7-8-14(15)17(22,16(19)21)12-5-2-1-3-6-12/h1-3,5-8,11,20,22H,4,9-10H2,(H2,19,21). The van der Waals surface area contributed by atoms with Crippen molar-refractivity contribution in [1.82, 2.24) is 0 Å². The van der Waals surface area contributed by atoms with Gasteiger partial charge in [0, 0.05) is 18.6 Å². The number of benzene rings is 2. The number of halogens is 1. The summed E-state index contributed by atoms with van der Waals surface area (Å²) in [5.74, 6) is -0.438. The predicted molar refractivity (Wildman–Crippen MR) is 87.3 cm³/mol. The largest absolute Gasteiger partial charge is 0.493 e. The summed E-state index contributed by atoms with van der Waals surface area (Å²) in [5, 5.41) is 19.8. The number of carbonyl (C=O) groups is 1. The maximum atomic E-state index is 11.9. The van der Waals surface area contributed by atoms with Crippen molar-refractivity contribution in [3.8, 4) is 5.75 Å². The molecule has 6 heteroatoms. The van der Waals surface area contributed by atoms with Crippen molar-refractivity contribution in [2.75, 3.05) is 13.2 Å². The zero-order chi connectivity index (χ0) is 16.9. The number of aliphatic hydroxyl groups is 2. The monoisotopic (exact) mass is 335 g/mol. The van der Waals surface area contributed by atoms with Gasteiger partial charge in [-0.05, 0) is 17.7 Å². The Morgan fingerprint density at radius 1 is 1.22 bits per heavy atom. The van der Waals surface area contributed by atoms with E-state index in [2.05, 4.69) is 0 Å². The quantitative estimate of drug-likeness (QED) is 0.673. The Morgan fingerprint density at radius 3 is 2.48 bits per heavy atom. The molecule has 0 radical (unpaired) electrons. The number of aliphatic hydroxyl groups excluding tert-OH is 1. The molecule has 0 bridgehead atoms. The molecule has 0 spiro atoms. The van der Waals surface area contributed by atoms with Crippen molar-refractivity contribution in [3.63, 3.8) is 0 Å². The zero-order valence-electron chi connectivity index (χ0n) is 12.4. The highest BCUT2D eigenvalue weighted by Crippen LogP contribution is 2.36. The van der Waals surface area contributed by atoms with Crippen LogP contribution >= 0.6 is 11.6 Å². The van der Waals surface area contributed by atoms with E-state index in [1.54, 1.807) is 36.4 Å². The summed E-state index contributed by atoms with van der Waals surface area (Å²) in [6, 6.07) is 13.0. The number of hydrogen-bond donors (Lipinski definition) is 3. The van der Waals surface area contributed by atoms with Crippen LogP contribution in [0.15, 0.2) is 48.5 Å². The fraction of sp³-hybridized carbons (Fsp3) is 0.235. The van der Waals surface area contributed by atoms with Gasteiger partial charge in [-0.15, -0.1) is 0 Å². The first-order valence-electron chi connectivity index (χ1n) is 7.11. The fourth-order valence-corrected chi connectivity index (χ4v) is 2.55. The Morgan fingerprint density at radius 2 is 1.91 bits per heavy atom. The van der Waals surface area contributed by atoms with Crippen LogP contribution < -0.4 is 10.5 Å². The highest BCUT2D eigenvalue weighted by molar-refractivity contribution is 6.32. The SMILES string of the molecule is NC(=O)C(O)(c1ccccc1)c1ccc(OCCCO)cc1Cl. The number of ether oxygens (including phenoxy) is 1. The maximum absolute atomic E-state index is 11.9. The van der Waals surface area contributed by atoms with E-state index in [-0.39, 0.29) is 17.2 Å². The van der Waals surface area contributed by atoms with E-state index in [1.165, 1.54) is 12.1 Å². The molecule has 4 N–H and O–H groups in total. The summed E-state index contributed by atoms with van der Waals surface area (Å²) in [5.41, 5.74) is 3.93. The molecule has 0 saturated carbocycles. The van der Waals surface area contributed by atoms with E-state index in [4.69, 9.17) is 27.2 Å². The second-order valence-electron chi connectivity index (χ2n) is 5.01. The summed E-state index contributed by atoms with van der Waals surface area (Å²) in [4.78, 5) is 11.9. The summed E-state index contributed by atoms with van der Waals surface area (Å²) in [6.45, 7) is 0.367. The van der Waals surface area contributed by atoms with E-state index in [1.807, 2.05) is 0 Å². The second kappa shape index (κ2) is 7.46. The van der Waals surface area contributed by atoms with Crippen LogP contribution in [0.1, 0.15) is 17.5 Å². The third kappa shape index (κ3) is 3.64. The van der Waals surface area contributed by atoms with Crippen molar-refractivity contribution in [2.24, 2.45) is 5.73 Å². The molecule has 23 heavy (non-hydrogen) atoms. The summed E-state index contributed by atoms with van der Waals surface area (Å²) >= 11 is 6.22. The normalized spacial score (nSPS) is 13.3. The van der Waals surface area contributed by atoms with Gasteiger partial charge in [0.15, 0.2) is 5.60 Å². The molecule has 2 aromatic carbocycles. The molecule has 0 heterocycles. The molecule has 0 aliphatic carbocycles. The predicted octanol–water partition coefficient (Wildman–Crippen LogP) is 1.82. The van der Waals surface area contributed by atoms with Crippen molar-refractivity contribution in [1.29, 1.82) is 0 Å². The lowest BCUT2D eigenvalue weighted by molar-refractivity contribution is -0.133. The summed E-state index contributed by atoms with van der Waals surface area (Å²) in [6.07, 6.45) is 0.495. The van der Waals surface area contributed by atoms with Crippen LogP contribution in [0.4, 0.5) is 0 Å². The summed E-state index contributed by atoms with van der Waals surface area (Å²) < 4.78 is 5.42. The Balaban J connectivity index is 2.39. The van der Waals surface area contributed by atoms with E-state index in [0.29, 0.717) is 24.3 Å². The number of primary amides is 1. The molecule has 0 fully saturated rings. The number of nitrogens with two attached hydrogens (primary N) is 1. The Kier molecular flexibility index (Phi) is 5.60. The lowest BCUT2D eigenvalue weighted by atomic mass is 9.85. The smallest absolute Gasteiger partial charge is 0.258 e. The molecular formula is C17H18ClNO4. The van der Waals surface area contributed by atoms with E-state index in [0.717, 1.165) is 0 Å². The van der Waals surface area contributed by atoms with Crippen LogP contribution in [0, 0.1) is 0 Å². The highest BCUT2D eigenvalue weighted by atomic mass is 35.5. The van der Waals surface area contributed by atoms with Gasteiger partial charge in [-0.3, -0.25) is 4.79 Å². The maximum Gasteiger partial charge on any atom is 0.258 e. The molecule has 2 aromatic rings. The van der Waals surface area contributed by atoms with Gasteiger partial charge in [0.1, 0.15) is 5.75 Å². The van der Waals surface area contributed by atoms with Crippen LogP contribution in [0.3, 0.4) is 0 Å². The van der Waals surface area contributed by atoms with E-state index < -0.39 is 11.5 Å². The first kappa shape index (κ1) is 17.3. The minimum Gasteiger partial charge on any atom is -0.493 e. The van der Waals surface area contributed by atoms with Gasteiger partial charge < -0.3 is 20.7 Å². The van der Waals surface area contributed by atoms with Gasteiger partial charge in [-0.1, -0.05) is 48.0 Å². The first-order chi connectivity index (χ1) is 11.0. The van der Waals surface area contributed by atoms with Crippen LogP contribution in [-0.4, -0.2) is 29.3 Å². The topological polar surface area (TPSA) is 92.8 Å². The van der Waals surface area contributed by atoms with Crippen LogP contribution in [-0.2, 0) is 10.4 Å². The molecule has 2 rings (SSSR count). The molecule has 0 aliphatic rings.